The van der Waals surface area contributed by atoms with E-state index >= 15 is 0 Å². The van der Waals surface area contributed by atoms with E-state index in [0.29, 0.717) is 0 Å². The second kappa shape index (κ2) is 5.28. The number of rotatable bonds is 4. The second-order valence-corrected chi connectivity index (χ2v) is 5.00. The van der Waals surface area contributed by atoms with Gasteiger partial charge in [0, 0.05) is 9.90 Å². The van der Waals surface area contributed by atoms with Crippen molar-refractivity contribution in [1.82, 2.24) is 0 Å². The van der Waals surface area contributed by atoms with Gasteiger partial charge < -0.3 is 4.79 Å². The molecule has 1 unspecified atom stereocenters. The lowest BCUT2D eigenvalue weighted by atomic mass is 9.99. The molecule has 0 saturated heterocycles. The highest BCUT2D eigenvalue weighted by Crippen LogP contribution is 2.23. The van der Waals surface area contributed by atoms with E-state index in [2.05, 4.69) is 0 Å². The van der Waals surface area contributed by atoms with Gasteiger partial charge in [-0.15, -0.1) is 11.3 Å². The van der Waals surface area contributed by atoms with Crippen LogP contribution in [0.2, 0.25) is 5.02 Å². The monoisotopic (exact) mass is 250 g/mol. The minimum Gasteiger partial charge on any atom is -0.303 e. The van der Waals surface area contributed by atoms with Crippen LogP contribution in [0.1, 0.15) is 16.4 Å². The number of halogens is 1. The first-order valence-electron chi connectivity index (χ1n) is 5.03. The predicted molar refractivity (Wildman–Crippen MR) is 68.3 cm³/mol. The van der Waals surface area contributed by atoms with Crippen molar-refractivity contribution in [3.05, 3.63) is 57.2 Å². The van der Waals surface area contributed by atoms with E-state index in [-0.39, 0.29) is 5.92 Å². The zero-order chi connectivity index (χ0) is 11.4. The van der Waals surface area contributed by atoms with Crippen LogP contribution in [0.5, 0.6) is 0 Å². The lowest BCUT2D eigenvalue weighted by molar-refractivity contribution is -0.109. The van der Waals surface area contributed by atoms with Gasteiger partial charge in [0.2, 0.25) is 0 Å². The largest absolute Gasteiger partial charge is 0.303 e. The van der Waals surface area contributed by atoms with Gasteiger partial charge >= 0.3 is 0 Å². The predicted octanol–water partition coefficient (Wildman–Crippen LogP) is 3.93. The summed E-state index contributed by atoms with van der Waals surface area (Å²) in [5.74, 6) is -0.0406. The summed E-state index contributed by atoms with van der Waals surface area (Å²) in [6.45, 7) is 0. The molecule has 0 spiro atoms. The average Bonchev–Trinajstić information content (AvgIpc) is 2.82. The summed E-state index contributed by atoms with van der Waals surface area (Å²) in [5, 5.41) is 2.72. The van der Waals surface area contributed by atoms with Gasteiger partial charge in [0.05, 0.1) is 5.92 Å². The average molecular weight is 251 g/mol. The molecule has 0 bridgehead atoms. The molecular formula is C13H11ClOS. The fraction of sp³-hybridized carbons (Fsp3) is 0.154. The van der Waals surface area contributed by atoms with Crippen molar-refractivity contribution in [3.63, 3.8) is 0 Å². The number of carbonyl (C=O) groups is 1. The smallest absolute Gasteiger partial charge is 0.128 e. The molecular weight excluding hydrogens is 240 g/mol. The molecule has 82 valence electrons. The number of carbonyl (C=O) groups excluding carboxylic acids is 1. The zero-order valence-corrected chi connectivity index (χ0v) is 10.2. The van der Waals surface area contributed by atoms with E-state index in [9.17, 15) is 4.79 Å². The number of thiophene rings is 1. The van der Waals surface area contributed by atoms with E-state index < -0.39 is 0 Å². The molecule has 16 heavy (non-hydrogen) atoms. The Balaban J connectivity index is 2.13. The van der Waals surface area contributed by atoms with Crippen molar-refractivity contribution >= 4 is 29.2 Å². The van der Waals surface area contributed by atoms with Crippen molar-refractivity contribution in [2.45, 2.75) is 12.3 Å². The Kier molecular flexibility index (Phi) is 3.75. The van der Waals surface area contributed by atoms with Crippen molar-refractivity contribution < 1.29 is 4.79 Å². The highest BCUT2D eigenvalue weighted by Gasteiger charge is 2.11. The molecule has 0 fully saturated rings. The van der Waals surface area contributed by atoms with Crippen LogP contribution in [-0.4, -0.2) is 6.29 Å². The summed E-state index contributed by atoms with van der Waals surface area (Å²) in [7, 11) is 0. The molecule has 3 heteroatoms. The van der Waals surface area contributed by atoms with Gasteiger partial charge in [-0.1, -0.05) is 29.8 Å². The third-order valence-corrected chi connectivity index (χ3v) is 3.70. The third kappa shape index (κ3) is 2.71. The fourth-order valence-corrected chi connectivity index (χ4v) is 2.50. The number of aldehydes is 1. The molecule has 1 nitrogen and oxygen atoms in total. The summed E-state index contributed by atoms with van der Waals surface area (Å²) in [6, 6.07) is 11.6. The van der Waals surface area contributed by atoms with Crippen molar-refractivity contribution in [2.75, 3.05) is 0 Å². The van der Waals surface area contributed by atoms with Crippen LogP contribution >= 0.6 is 22.9 Å². The molecule has 1 heterocycles. The topological polar surface area (TPSA) is 17.1 Å². The van der Waals surface area contributed by atoms with Crippen molar-refractivity contribution in [2.24, 2.45) is 0 Å². The summed E-state index contributed by atoms with van der Waals surface area (Å²) in [6.07, 6.45) is 1.75. The van der Waals surface area contributed by atoms with E-state index in [1.54, 1.807) is 11.3 Å². The van der Waals surface area contributed by atoms with Crippen LogP contribution in [0, 0.1) is 0 Å². The summed E-state index contributed by atoms with van der Waals surface area (Å²) >= 11 is 7.43. The molecule has 0 radical (unpaired) electrons. The van der Waals surface area contributed by atoms with Gasteiger partial charge in [-0.3, -0.25) is 0 Å². The Morgan fingerprint density at radius 1 is 1.25 bits per heavy atom. The van der Waals surface area contributed by atoms with Gasteiger partial charge in [0.25, 0.3) is 0 Å². The standard InChI is InChI=1S/C13H11ClOS/c14-12-5-3-10(4-6-12)8-11(9-15)13-2-1-7-16-13/h1-7,9,11H,8H2. The van der Waals surface area contributed by atoms with E-state index in [0.717, 1.165) is 28.2 Å². The molecule has 0 aliphatic rings. The van der Waals surface area contributed by atoms with E-state index in [1.165, 1.54) is 0 Å². The highest BCUT2D eigenvalue weighted by molar-refractivity contribution is 7.10. The van der Waals surface area contributed by atoms with Gasteiger partial charge in [0.1, 0.15) is 6.29 Å². The Bertz CT molecular complexity index is 447. The Morgan fingerprint density at radius 2 is 2.00 bits per heavy atom. The molecule has 1 aromatic carbocycles. The normalized spacial score (nSPS) is 12.3. The maximum absolute atomic E-state index is 11.1. The maximum atomic E-state index is 11.1. The lowest BCUT2D eigenvalue weighted by Gasteiger charge is -2.07. The van der Waals surface area contributed by atoms with Crippen LogP contribution in [0.4, 0.5) is 0 Å². The molecule has 0 aliphatic heterocycles. The quantitative estimate of drug-likeness (QED) is 0.752. The molecule has 0 N–H and O–H groups in total. The second-order valence-electron chi connectivity index (χ2n) is 3.59. The van der Waals surface area contributed by atoms with Gasteiger partial charge in [-0.2, -0.15) is 0 Å². The summed E-state index contributed by atoms with van der Waals surface area (Å²) in [4.78, 5) is 12.2. The molecule has 1 atom stereocenters. The van der Waals surface area contributed by atoms with Crippen LogP contribution < -0.4 is 0 Å². The highest BCUT2D eigenvalue weighted by atomic mass is 35.5. The van der Waals surface area contributed by atoms with E-state index in [1.807, 2.05) is 41.8 Å². The first-order valence-corrected chi connectivity index (χ1v) is 6.28. The Morgan fingerprint density at radius 3 is 2.56 bits per heavy atom. The van der Waals surface area contributed by atoms with Crippen molar-refractivity contribution in [1.29, 1.82) is 0 Å². The number of hydrogen-bond acceptors (Lipinski definition) is 2. The lowest BCUT2D eigenvalue weighted by Crippen LogP contribution is -2.02. The number of benzene rings is 1. The van der Waals surface area contributed by atoms with Crippen LogP contribution in [0.25, 0.3) is 0 Å². The molecule has 2 rings (SSSR count). The van der Waals surface area contributed by atoms with Crippen LogP contribution in [0.3, 0.4) is 0 Å². The van der Waals surface area contributed by atoms with Crippen LogP contribution in [-0.2, 0) is 11.2 Å². The van der Waals surface area contributed by atoms with Crippen molar-refractivity contribution in [3.8, 4) is 0 Å². The Labute approximate surface area is 104 Å². The van der Waals surface area contributed by atoms with Gasteiger partial charge in [0.15, 0.2) is 0 Å². The Hall–Kier alpha value is -1.12. The van der Waals surface area contributed by atoms with Crippen LogP contribution in [0.15, 0.2) is 41.8 Å². The molecule has 0 saturated carbocycles. The third-order valence-electron chi connectivity index (χ3n) is 2.44. The maximum Gasteiger partial charge on any atom is 0.128 e. The van der Waals surface area contributed by atoms with E-state index in [4.69, 9.17) is 11.6 Å². The first-order chi connectivity index (χ1) is 7.79. The first kappa shape index (κ1) is 11.4. The molecule has 1 aromatic heterocycles. The molecule has 0 aliphatic carbocycles. The SMILES string of the molecule is O=CC(Cc1ccc(Cl)cc1)c1cccs1. The fourth-order valence-electron chi connectivity index (χ4n) is 1.59. The minimum absolute atomic E-state index is 0.0406. The van der Waals surface area contributed by atoms with Gasteiger partial charge in [-0.05, 0) is 35.6 Å². The molecule has 0 amide bonds. The minimum atomic E-state index is -0.0406. The molecule has 2 aromatic rings. The van der Waals surface area contributed by atoms with Gasteiger partial charge in [-0.25, -0.2) is 0 Å². The summed E-state index contributed by atoms with van der Waals surface area (Å²) < 4.78 is 0. The number of hydrogen-bond donors (Lipinski definition) is 0. The summed E-state index contributed by atoms with van der Waals surface area (Å²) in [5.41, 5.74) is 1.13. The zero-order valence-electron chi connectivity index (χ0n) is 8.60.